The minimum Gasteiger partial charge on any atom is -0.441 e. The number of carbonyl (C=O) groups is 1. The number of aliphatic hydroxyl groups excluding tert-OH is 1. The fourth-order valence-electron chi connectivity index (χ4n) is 3.99. The first-order valence-corrected chi connectivity index (χ1v) is 15.8. The van der Waals surface area contributed by atoms with Gasteiger partial charge in [0, 0.05) is 0 Å². The van der Waals surface area contributed by atoms with Crippen LogP contribution in [0.3, 0.4) is 0 Å². The minimum absolute atomic E-state index is 0.0898. The first-order valence-electron chi connectivity index (χ1n) is 12.9. The van der Waals surface area contributed by atoms with Crippen LogP contribution in [0.2, 0.25) is 18.1 Å². The topological polar surface area (TPSA) is 67.8 Å². The molecule has 1 aliphatic rings. The quantitative estimate of drug-likeness (QED) is 0.183. The van der Waals surface area contributed by atoms with Crippen molar-refractivity contribution in [1.29, 1.82) is 0 Å². The number of nitrogens with one attached hydrogen (secondary N) is 1. The molecule has 0 saturated carbocycles. The van der Waals surface area contributed by atoms with E-state index >= 15 is 0 Å². The van der Waals surface area contributed by atoms with Crippen LogP contribution in [-0.2, 0) is 9.16 Å². The average Bonchev–Trinajstić information content (AvgIpc) is 3.07. The number of alkyl carbamates (subject to hydrolysis) is 1. The van der Waals surface area contributed by atoms with Crippen LogP contribution in [-0.4, -0.2) is 44.4 Å². The van der Waals surface area contributed by atoms with Crippen molar-refractivity contribution in [3.8, 4) is 0 Å². The Balaban J connectivity index is 2.38. The van der Waals surface area contributed by atoms with Crippen LogP contribution in [0, 0.1) is 0 Å². The number of aliphatic hydroxyl groups is 1. The molecule has 1 heterocycles. The van der Waals surface area contributed by atoms with Gasteiger partial charge >= 0.3 is 6.09 Å². The Morgan fingerprint density at radius 1 is 0.968 bits per heavy atom. The molecule has 0 spiro atoms. The molecule has 1 fully saturated rings. The maximum Gasteiger partial charge on any atom is 0.408 e. The van der Waals surface area contributed by atoms with Crippen molar-refractivity contribution in [2.24, 2.45) is 0 Å². The van der Waals surface area contributed by atoms with E-state index in [1.807, 2.05) is 0 Å². The number of hydrogen-bond acceptors (Lipinski definition) is 4. The minimum atomic E-state index is -2.00. The molecule has 1 saturated heterocycles. The van der Waals surface area contributed by atoms with Gasteiger partial charge in [-0.15, -0.1) is 0 Å². The van der Waals surface area contributed by atoms with Gasteiger partial charge in [-0.1, -0.05) is 105 Å². The summed E-state index contributed by atoms with van der Waals surface area (Å²) in [6.45, 7) is 13.3. The van der Waals surface area contributed by atoms with E-state index in [0.29, 0.717) is 0 Å². The standard InChI is InChI=1S/C25H51NO4Si/c1-7-8-9-10-11-12-13-14-15-16-17-18-19-22(30-31(5,6)25(2,3)4)23-21(20-27)26-24(28)29-23/h21-23,27H,7-20H2,1-6H3,(H,26,28)/t21-,22-,23+/m0/s1. The summed E-state index contributed by atoms with van der Waals surface area (Å²) in [5.41, 5.74) is 0. The Morgan fingerprint density at radius 3 is 1.90 bits per heavy atom. The van der Waals surface area contributed by atoms with Crippen LogP contribution in [0.4, 0.5) is 4.79 Å². The van der Waals surface area contributed by atoms with Gasteiger partial charge in [0.2, 0.25) is 0 Å². The summed E-state index contributed by atoms with van der Waals surface area (Å²) < 4.78 is 12.2. The molecule has 0 aromatic rings. The molecule has 0 radical (unpaired) electrons. The summed E-state index contributed by atoms with van der Waals surface area (Å²) in [5, 5.41) is 12.5. The van der Waals surface area contributed by atoms with Gasteiger partial charge in [0.1, 0.15) is 0 Å². The number of ether oxygens (including phenoxy) is 1. The molecule has 0 unspecified atom stereocenters. The number of carbonyl (C=O) groups excluding carboxylic acids is 1. The molecule has 0 aromatic heterocycles. The van der Waals surface area contributed by atoms with Crippen molar-refractivity contribution < 1.29 is 19.1 Å². The number of rotatable bonds is 17. The van der Waals surface area contributed by atoms with E-state index in [9.17, 15) is 9.90 Å². The van der Waals surface area contributed by atoms with Crippen LogP contribution in [0.15, 0.2) is 0 Å². The highest BCUT2D eigenvalue weighted by Gasteiger charge is 2.45. The third-order valence-electron chi connectivity index (χ3n) is 7.10. The van der Waals surface area contributed by atoms with Crippen LogP contribution in [0.25, 0.3) is 0 Å². The monoisotopic (exact) mass is 457 g/mol. The van der Waals surface area contributed by atoms with Crippen molar-refractivity contribution in [2.75, 3.05) is 6.61 Å². The van der Waals surface area contributed by atoms with Gasteiger partial charge in [0.15, 0.2) is 14.4 Å². The number of amides is 1. The van der Waals surface area contributed by atoms with E-state index in [1.165, 1.54) is 70.6 Å². The third kappa shape index (κ3) is 10.7. The van der Waals surface area contributed by atoms with Gasteiger partial charge in [0.05, 0.1) is 18.8 Å². The van der Waals surface area contributed by atoms with Gasteiger partial charge < -0.3 is 19.6 Å². The van der Waals surface area contributed by atoms with Gasteiger partial charge in [-0.3, -0.25) is 0 Å². The molecule has 31 heavy (non-hydrogen) atoms. The molecule has 5 nitrogen and oxygen atoms in total. The van der Waals surface area contributed by atoms with Gasteiger partial charge in [-0.05, 0) is 24.6 Å². The average molecular weight is 458 g/mol. The van der Waals surface area contributed by atoms with Crippen LogP contribution in [0.1, 0.15) is 111 Å². The summed E-state index contributed by atoms with van der Waals surface area (Å²) in [5.74, 6) is 0. The fourth-order valence-corrected chi connectivity index (χ4v) is 5.35. The van der Waals surface area contributed by atoms with Crippen molar-refractivity contribution in [2.45, 2.75) is 148 Å². The van der Waals surface area contributed by atoms with Crippen molar-refractivity contribution in [3.63, 3.8) is 0 Å². The molecule has 0 aromatic carbocycles. The Morgan fingerprint density at radius 2 is 1.45 bits per heavy atom. The molecule has 0 bridgehead atoms. The highest BCUT2D eigenvalue weighted by molar-refractivity contribution is 6.74. The molecule has 0 aliphatic carbocycles. The first kappa shape index (κ1) is 28.4. The smallest absolute Gasteiger partial charge is 0.408 e. The molecular weight excluding hydrogens is 406 g/mol. The van der Waals surface area contributed by atoms with E-state index in [0.717, 1.165) is 12.8 Å². The summed E-state index contributed by atoms with van der Waals surface area (Å²) >= 11 is 0. The molecule has 184 valence electrons. The molecule has 6 heteroatoms. The summed E-state index contributed by atoms with van der Waals surface area (Å²) in [4.78, 5) is 11.8. The van der Waals surface area contributed by atoms with Crippen molar-refractivity contribution >= 4 is 14.4 Å². The zero-order valence-electron chi connectivity index (χ0n) is 21.3. The summed E-state index contributed by atoms with van der Waals surface area (Å²) in [7, 11) is -2.00. The lowest BCUT2D eigenvalue weighted by atomic mass is 10.00. The highest BCUT2D eigenvalue weighted by atomic mass is 28.4. The van der Waals surface area contributed by atoms with E-state index in [4.69, 9.17) is 9.16 Å². The highest BCUT2D eigenvalue weighted by Crippen LogP contribution is 2.39. The van der Waals surface area contributed by atoms with Crippen LogP contribution in [0.5, 0.6) is 0 Å². The molecule has 2 N–H and O–H groups in total. The van der Waals surface area contributed by atoms with Crippen LogP contribution < -0.4 is 5.32 Å². The summed E-state index contributed by atoms with van der Waals surface area (Å²) in [6.07, 6.45) is 15.7. The maximum absolute atomic E-state index is 11.8. The molecule has 1 aliphatic heterocycles. The Labute approximate surface area is 193 Å². The van der Waals surface area contributed by atoms with E-state index in [1.54, 1.807) is 0 Å². The SMILES string of the molecule is CCCCCCCCCCCCCC[C@H](O[Si](C)(C)C(C)(C)C)[C@@H]1OC(=O)N[C@H]1CO. The number of unbranched alkanes of at least 4 members (excludes halogenated alkanes) is 11. The lowest BCUT2D eigenvalue weighted by Crippen LogP contribution is -2.50. The molecular formula is C25H51NO4Si. The summed E-state index contributed by atoms with van der Waals surface area (Å²) in [6, 6.07) is -0.375. The van der Waals surface area contributed by atoms with Gasteiger partial charge in [-0.2, -0.15) is 0 Å². The van der Waals surface area contributed by atoms with E-state index in [2.05, 4.69) is 46.1 Å². The zero-order valence-corrected chi connectivity index (χ0v) is 22.3. The second-order valence-electron chi connectivity index (χ2n) is 10.9. The lowest BCUT2D eigenvalue weighted by molar-refractivity contribution is 0.0120. The Kier molecular flexibility index (Phi) is 13.3. The largest absolute Gasteiger partial charge is 0.441 e. The number of cyclic esters (lactones) is 1. The molecule has 3 atom stereocenters. The maximum atomic E-state index is 11.8. The van der Waals surface area contributed by atoms with Gasteiger partial charge in [-0.25, -0.2) is 4.79 Å². The molecule has 1 rings (SSSR count). The first-order chi connectivity index (χ1) is 14.6. The van der Waals surface area contributed by atoms with Crippen molar-refractivity contribution in [1.82, 2.24) is 5.32 Å². The van der Waals surface area contributed by atoms with Crippen molar-refractivity contribution in [3.05, 3.63) is 0 Å². The Bertz CT molecular complexity index is 492. The molecule has 1 amide bonds. The fraction of sp³-hybridized carbons (Fsp3) is 0.960. The van der Waals surface area contributed by atoms with E-state index in [-0.39, 0.29) is 23.8 Å². The third-order valence-corrected chi connectivity index (χ3v) is 11.6. The predicted molar refractivity (Wildman–Crippen MR) is 132 cm³/mol. The normalized spacial score (nSPS) is 20.5. The van der Waals surface area contributed by atoms with E-state index < -0.39 is 20.5 Å². The van der Waals surface area contributed by atoms with Crippen LogP contribution >= 0.6 is 0 Å². The lowest BCUT2D eigenvalue weighted by Gasteiger charge is -2.41. The van der Waals surface area contributed by atoms with Gasteiger partial charge in [0.25, 0.3) is 0 Å². The predicted octanol–water partition coefficient (Wildman–Crippen LogP) is 6.94. The second kappa shape index (κ2) is 14.5. The zero-order chi connectivity index (χ0) is 23.3. The second-order valence-corrected chi connectivity index (χ2v) is 15.7. The number of hydrogen-bond donors (Lipinski definition) is 2. The Hall–Kier alpha value is -0.593.